The minimum absolute atomic E-state index is 0.985. The Kier molecular flexibility index (Phi) is 27.2. The molecule has 0 spiro atoms. The fraction of sp³-hybridized carbons (Fsp3) is 0.673. The van der Waals surface area contributed by atoms with Crippen LogP contribution in [-0.2, 0) is 19.3 Å². The Bertz CT molecular complexity index is 1200. The average molecular weight is 697 g/mol. The van der Waals surface area contributed by atoms with E-state index in [1.54, 1.807) is 0 Å². The summed E-state index contributed by atoms with van der Waals surface area (Å²) in [4.78, 5) is 10.5. The molecule has 0 fully saturated rings. The molecule has 0 saturated carbocycles. The maximum Gasteiger partial charge on any atom is 0.0636 e. The Morgan fingerprint density at radius 2 is 0.863 bits per heavy atom. The third kappa shape index (κ3) is 21.6. The first-order chi connectivity index (χ1) is 25.1. The van der Waals surface area contributed by atoms with E-state index < -0.39 is 0 Å². The molecule has 0 radical (unpaired) electrons. The van der Waals surface area contributed by atoms with Crippen molar-refractivity contribution < 1.29 is 0 Å². The first-order valence-electron chi connectivity index (χ1n) is 22.2. The van der Waals surface area contributed by atoms with Crippen LogP contribution in [0, 0.1) is 0 Å². The van der Waals surface area contributed by atoms with Gasteiger partial charge in [-0.05, 0) is 105 Å². The number of rotatable bonds is 32. The molecule has 0 amide bonds. The molecule has 0 aliphatic rings. The molecule has 0 aliphatic carbocycles. The number of hydrogen-bond donors (Lipinski definition) is 0. The van der Waals surface area contributed by atoms with E-state index in [2.05, 4.69) is 89.2 Å². The van der Waals surface area contributed by atoms with E-state index >= 15 is 0 Å². The summed E-state index contributed by atoms with van der Waals surface area (Å²) in [6.07, 6.45) is 41.4. The summed E-state index contributed by atoms with van der Waals surface area (Å²) in [5, 5.41) is 0. The monoisotopic (exact) mass is 697 g/mol. The van der Waals surface area contributed by atoms with Crippen LogP contribution in [0.2, 0.25) is 0 Å². The average Bonchev–Trinajstić information content (AvgIpc) is 3.16. The first kappa shape index (κ1) is 44.7. The van der Waals surface area contributed by atoms with Crippen LogP contribution in [-0.4, -0.2) is 11.4 Å². The minimum atomic E-state index is 0.985. The predicted octanol–water partition coefficient (Wildman–Crippen LogP) is 16.6. The second-order valence-electron chi connectivity index (χ2n) is 15.1. The molecule has 51 heavy (non-hydrogen) atoms. The molecule has 0 N–H and O–H groups in total. The van der Waals surface area contributed by atoms with Gasteiger partial charge in [-0.3, -0.25) is 9.98 Å². The van der Waals surface area contributed by atoms with Gasteiger partial charge in [0.25, 0.3) is 0 Å². The molecule has 2 aromatic carbocycles. The van der Waals surface area contributed by atoms with Crippen LogP contribution in [0.3, 0.4) is 0 Å². The standard InChI is InChI=1S/C49H80N2/c1-6-11-14-15-16-17-18-19-20-21-22-23-24-25-26-27-28-29-30-31-32-33-43-36-39-46(40-37-43)50-48(34-12-7-2)49(35-13-8-3)51-47-41-38-44(9-4)45(10-5)42-47/h30-31,36-42H,6-29,32-35H2,1-5H3/b31-30+,50-48?,51-49?. The molecule has 0 bridgehead atoms. The molecule has 2 rings (SSSR count). The highest BCUT2D eigenvalue weighted by Gasteiger charge is 2.11. The Labute approximate surface area is 317 Å². The topological polar surface area (TPSA) is 24.7 Å². The van der Waals surface area contributed by atoms with Crippen molar-refractivity contribution in [2.24, 2.45) is 9.98 Å². The Hall–Kier alpha value is -2.48. The van der Waals surface area contributed by atoms with Gasteiger partial charge in [-0.15, -0.1) is 0 Å². The van der Waals surface area contributed by atoms with E-state index in [1.807, 2.05) is 0 Å². The van der Waals surface area contributed by atoms with Crippen LogP contribution in [0.25, 0.3) is 0 Å². The molecule has 0 unspecified atom stereocenters. The summed E-state index contributed by atoms with van der Waals surface area (Å²) in [7, 11) is 0. The van der Waals surface area contributed by atoms with Gasteiger partial charge < -0.3 is 0 Å². The highest BCUT2D eigenvalue weighted by atomic mass is 14.8. The van der Waals surface area contributed by atoms with Gasteiger partial charge in [0.1, 0.15) is 0 Å². The number of aryl methyl sites for hydroxylation is 3. The first-order valence-corrected chi connectivity index (χ1v) is 22.2. The lowest BCUT2D eigenvalue weighted by Gasteiger charge is -2.12. The zero-order valence-corrected chi connectivity index (χ0v) is 34.4. The van der Waals surface area contributed by atoms with E-state index in [-0.39, 0.29) is 0 Å². The van der Waals surface area contributed by atoms with E-state index in [4.69, 9.17) is 9.98 Å². The number of allylic oxidation sites excluding steroid dienone is 2. The summed E-state index contributed by atoms with van der Waals surface area (Å²) >= 11 is 0. The van der Waals surface area contributed by atoms with Gasteiger partial charge in [-0.1, -0.05) is 181 Å². The normalized spacial score (nSPS) is 12.4. The van der Waals surface area contributed by atoms with E-state index in [9.17, 15) is 0 Å². The van der Waals surface area contributed by atoms with Gasteiger partial charge in [-0.2, -0.15) is 0 Å². The van der Waals surface area contributed by atoms with Crippen molar-refractivity contribution in [1.82, 2.24) is 0 Å². The van der Waals surface area contributed by atoms with Gasteiger partial charge >= 0.3 is 0 Å². The van der Waals surface area contributed by atoms with Crippen LogP contribution in [0.1, 0.15) is 212 Å². The zero-order chi connectivity index (χ0) is 36.6. The van der Waals surface area contributed by atoms with E-state index in [0.717, 1.165) is 75.6 Å². The molecular weight excluding hydrogens is 617 g/mol. The molecule has 0 saturated heterocycles. The summed E-state index contributed by atoms with van der Waals surface area (Å²) in [5.74, 6) is 0. The fourth-order valence-corrected chi connectivity index (χ4v) is 7.10. The molecular formula is C49H80N2. The second-order valence-corrected chi connectivity index (χ2v) is 15.1. The van der Waals surface area contributed by atoms with E-state index in [1.165, 1.54) is 144 Å². The predicted molar refractivity (Wildman–Crippen MR) is 231 cm³/mol. The lowest BCUT2D eigenvalue weighted by Crippen LogP contribution is -2.14. The highest BCUT2D eigenvalue weighted by molar-refractivity contribution is 6.43. The summed E-state index contributed by atoms with van der Waals surface area (Å²) in [5.41, 5.74) is 8.73. The maximum absolute atomic E-state index is 5.24. The number of unbranched alkanes of at least 4 members (excludes halogenated alkanes) is 19. The van der Waals surface area contributed by atoms with Crippen molar-refractivity contribution in [3.8, 4) is 0 Å². The lowest BCUT2D eigenvalue weighted by atomic mass is 10.0. The Balaban J connectivity index is 1.69. The maximum atomic E-state index is 5.24. The van der Waals surface area contributed by atoms with E-state index in [0.29, 0.717) is 0 Å². The number of hydrogen-bond acceptors (Lipinski definition) is 2. The van der Waals surface area contributed by atoms with Gasteiger partial charge in [-0.25, -0.2) is 0 Å². The molecule has 0 atom stereocenters. The third-order valence-electron chi connectivity index (χ3n) is 10.5. The lowest BCUT2D eigenvalue weighted by molar-refractivity contribution is 0.527. The molecule has 2 heteroatoms. The Morgan fingerprint density at radius 3 is 1.35 bits per heavy atom. The van der Waals surface area contributed by atoms with Crippen molar-refractivity contribution in [2.75, 3.05) is 0 Å². The van der Waals surface area contributed by atoms with Crippen molar-refractivity contribution >= 4 is 22.8 Å². The molecule has 0 heterocycles. The van der Waals surface area contributed by atoms with Gasteiger partial charge in [0.05, 0.1) is 22.8 Å². The van der Waals surface area contributed by atoms with Crippen molar-refractivity contribution in [1.29, 1.82) is 0 Å². The van der Waals surface area contributed by atoms with Crippen molar-refractivity contribution in [3.63, 3.8) is 0 Å². The number of aliphatic imine (C=N–C) groups is 2. The van der Waals surface area contributed by atoms with Crippen LogP contribution < -0.4 is 0 Å². The van der Waals surface area contributed by atoms with Crippen molar-refractivity contribution in [3.05, 3.63) is 71.3 Å². The van der Waals surface area contributed by atoms with Crippen LogP contribution in [0.5, 0.6) is 0 Å². The SMILES string of the molecule is CCCCCCCCCCCCCCCCCCC/C=C/CCc1ccc(N=C(CCCC)C(CCCC)=Nc2ccc(CC)c(CC)c2)cc1. The largest absolute Gasteiger partial charge is 0.252 e. The minimum Gasteiger partial charge on any atom is -0.252 e. The zero-order valence-electron chi connectivity index (χ0n) is 34.4. The molecule has 2 nitrogen and oxygen atoms in total. The molecule has 0 aliphatic heterocycles. The van der Waals surface area contributed by atoms with Crippen molar-refractivity contribution in [2.45, 2.75) is 214 Å². The summed E-state index contributed by atoms with van der Waals surface area (Å²) in [6.45, 7) is 11.3. The quantitative estimate of drug-likeness (QED) is 0.0413. The summed E-state index contributed by atoms with van der Waals surface area (Å²) in [6, 6.07) is 15.8. The van der Waals surface area contributed by atoms with Crippen LogP contribution >= 0.6 is 0 Å². The number of benzene rings is 2. The smallest absolute Gasteiger partial charge is 0.0636 e. The summed E-state index contributed by atoms with van der Waals surface area (Å²) < 4.78 is 0. The van der Waals surface area contributed by atoms with Gasteiger partial charge in [0.15, 0.2) is 0 Å². The Morgan fingerprint density at radius 1 is 0.431 bits per heavy atom. The van der Waals surface area contributed by atoms with Crippen LogP contribution in [0.4, 0.5) is 11.4 Å². The molecule has 0 aromatic heterocycles. The fourth-order valence-electron chi connectivity index (χ4n) is 7.10. The second kappa shape index (κ2) is 31.1. The third-order valence-corrected chi connectivity index (χ3v) is 10.5. The van der Waals surface area contributed by atoms with Crippen LogP contribution in [0.15, 0.2) is 64.6 Å². The highest BCUT2D eigenvalue weighted by Crippen LogP contribution is 2.23. The molecule has 286 valence electrons. The van der Waals surface area contributed by atoms with Gasteiger partial charge in [0, 0.05) is 0 Å². The van der Waals surface area contributed by atoms with Gasteiger partial charge in [0.2, 0.25) is 0 Å². The molecule has 2 aromatic rings. The number of nitrogens with zero attached hydrogens (tertiary/aromatic N) is 2.